The summed E-state index contributed by atoms with van der Waals surface area (Å²) in [6, 6.07) is 10.9. The third kappa shape index (κ3) is 4.63. The van der Waals surface area contributed by atoms with E-state index in [-0.39, 0.29) is 0 Å². The van der Waals surface area contributed by atoms with E-state index in [1.807, 2.05) is 0 Å². The molecule has 0 atom stereocenters. The lowest BCUT2D eigenvalue weighted by Crippen LogP contribution is -2.23. The highest BCUT2D eigenvalue weighted by Gasteiger charge is 2.04. The zero-order valence-electron chi connectivity index (χ0n) is 11.4. The van der Waals surface area contributed by atoms with E-state index in [1.165, 1.54) is 11.3 Å². The Morgan fingerprint density at radius 2 is 2.22 bits per heavy atom. The van der Waals surface area contributed by atoms with Gasteiger partial charge in [0.15, 0.2) is 0 Å². The van der Waals surface area contributed by atoms with Gasteiger partial charge in [0.25, 0.3) is 0 Å². The zero-order valence-corrected chi connectivity index (χ0v) is 11.4. The van der Waals surface area contributed by atoms with Gasteiger partial charge in [0.05, 0.1) is 12.5 Å². The molecule has 0 N–H and O–H groups in total. The molecule has 1 aromatic rings. The van der Waals surface area contributed by atoms with E-state index in [9.17, 15) is 0 Å². The maximum absolute atomic E-state index is 8.67. The molecule has 1 aromatic carbocycles. The average molecular weight is 242 g/mol. The second kappa shape index (κ2) is 8.36. The van der Waals surface area contributed by atoms with Gasteiger partial charge in [-0.25, -0.2) is 0 Å². The van der Waals surface area contributed by atoms with Crippen LogP contribution >= 0.6 is 0 Å². The fourth-order valence-electron chi connectivity index (χ4n) is 1.98. The number of anilines is 1. The highest BCUT2D eigenvalue weighted by Crippen LogP contribution is 2.17. The van der Waals surface area contributed by atoms with Gasteiger partial charge < -0.3 is 4.90 Å². The molecule has 2 heteroatoms. The summed E-state index contributed by atoms with van der Waals surface area (Å²) in [5.41, 5.74) is 2.59. The van der Waals surface area contributed by atoms with E-state index in [0.717, 1.165) is 25.9 Å². The normalized spacial score (nSPS) is 10.5. The van der Waals surface area contributed by atoms with Crippen molar-refractivity contribution >= 4 is 5.69 Å². The lowest BCUT2D eigenvalue weighted by molar-refractivity contribution is 0.825. The van der Waals surface area contributed by atoms with Crippen LogP contribution in [0, 0.1) is 11.3 Å². The van der Waals surface area contributed by atoms with Crippen LogP contribution in [0.15, 0.2) is 36.4 Å². The molecule has 0 bridgehead atoms. The molecule has 0 aliphatic heterocycles. The number of allylic oxidation sites excluding steroid dienone is 2. The van der Waals surface area contributed by atoms with Gasteiger partial charge in [-0.1, -0.05) is 24.3 Å². The number of aryl methyl sites for hydroxylation is 1. The number of benzene rings is 1. The fourth-order valence-corrected chi connectivity index (χ4v) is 1.98. The van der Waals surface area contributed by atoms with E-state index in [0.29, 0.717) is 6.42 Å². The van der Waals surface area contributed by atoms with Crippen molar-refractivity contribution in [2.75, 3.05) is 18.0 Å². The summed E-state index contributed by atoms with van der Waals surface area (Å²) in [5.74, 6) is 0. The Hall–Kier alpha value is -1.75. The third-order valence-electron chi connectivity index (χ3n) is 2.99. The van der Waals surface area contributed by atoms with Crippen LogP contribution in [0.2, 0.25) is 0 Å². The predicted molar refractivity (Wildman–Crippen MR) is 77.7 cm³/mol. The molecule has 2 nitrogen and oxygen atoms in total. The molecule has 0 radical (unpaired) electrons. The van der Waals surface area contributed by atoms with Crippen molar-refractivity contribution in [1.82, 2.24) is 0 Å². The quantitative estimate of drug-likeness (QED) is 0.677. The first-order valence-electron chi connectivity index (χ1n) is 6.63. The molecule has 0 spiro atoms. The van der Waals surface area contributed by atoms with Gasteiger partial charge in [-0.2, -0.15) is 5.26 Å². The smallest absolute Gasteiger partial charge is 0.0640 e. The van der Waals surface area contributed by atoms with Crippen LogP contribution in [-0.4, -0.2) is 13.1 Å². The van der Waals surface area contributed by atoms with Gasteiger partial charge in [0, 0.05) is 18.8 Å². The Morgan fingerprint density at radius 1 is 1.39 bits per heavy atom. The molecule has 0 aliphatic carbocycles. The Labute approximate surface area is 111 Å². The monoisotopic (exact) mass is 242 g/mol. The zero-order chi connectivity index (χ0) is 13.2. The minimum atomic E-state index is 0.580. The van der Waals surface area contributed by atoms with Gasteiger partial charge in [0.2, 0.25) is 0 Å². The molecule has 0 aromatic heterocycles. The molecule has 96 valence electrons. The minimum Gasteiger partial charge on any atom is -0.371 e. The lowest BCUT2D eigenvalue weighted by Gasteiger charge is -2.22. The van der Waals surface area contributed by atoms with Crippen molar-refractivity contribution in [2.24, 2.45) is 0 Å². The van der Waals surface area contributed by atoms with Gasteiger partial charge >= 0.3 is 0 Å². The SMILES string of the molecule is CC=CCCc1cccc(N(CC)CCC#N)c1. The van der Waals surface area contributed by atoms with E-state index in [1.54, 1.807) is 0 Å². The number of hydrogen-bond acceptors (Lipinski definition) is 2. The Bertz CT molecular complexity index is 415. The highest BCUT2D eigenvalue weighted by atomic mass is 15.1. The Morgan fingerprint density at radius 3 is 2.89 bits per heavy atom. The molecule has 18 heavy (non-hydrogen) atoms. The number of nitriles is 1. The summed E-state index contributed by atoms with van der Waals surface area (Å²) >= 11 is 0. The van der Waals surface area contributed by atoms with E-state index >= 15 is 0 Å². The van der Waals surface area contributed by atoms with Crippen molar-refractivity contribution in [3.05, 3.63) is 42.0 Å². The number of nitrogens with zero attached hydrogens (tertiary/aromatic N) is 2. The summed E-state index contributed by atoms with van der Waals surface area (Å²) in [7, 11) is 0. The molecule has 1 rings (SSSR count). The first-order valence-corrected chi connectivity index (χ1v) is 6.63. The molecule has 0 fully saturated rings. The third-order valence-corrected chi connectivity index (χ3v) is 2.99. The van der Waals surface area contributed by atoms with Gasteiger partial charge in [-0.05, 0) is 44.4 Å². The Kier molecular flexibility index (Phi) is 6.64. The topological polar surface area (TPSA) is 27.0 Å². The number of hydrogen-bond donors (Lipinski definition) is 0. The van der Waals surface area contributed by atoms with Crippen LogP contribution in [0.4, 0.5) is 5.69 Å². The standard InChI is InChI=1S/C16H22N2/c1-3-5-6-9-15-10-7-11-16(14-15)18(4-2)13-8-12-17/h3,5,7,10-11,14H,4,6,8-9,13H2,1-2H3. The largest absolute Gasteiger partial charge is 0.371 e. The molecule has 0 aliphatic rings. The number of rotatable bonds is 7. The second-order valence-corrected chi connectivity index (χ2v) is 4.27. The maximum Gasteiger partial charge on any atom is 0.0640 e. The Balaban J connectivity index is 2.70. The summed E-state index contributed by atoms with van der Waals surface area (Å²) in [6.07, 6.45) is 7.03. The summed E-state index contributed by atoms with van der Waals surface area (Å²) in [5, 5.41) is 8.67. The molecule has 0 heterocycles. The van der Waals surface area contributed by atoms with Crippen LogP contribution < -0.4 is 4.90 Å². The van der Waals surface area contributed by atoms with E-state index < -0.39 is 0 Å². The minimum absolute atomic E-state index is 0.580. The molecule has 0 saturated heterocycles. The molecular weight excluding hydrogens is 220 g/mol. The first-order chi connectivity index (χ1) is 8.81. The molecular formula is C16H22N2. The van der Waals surface area contributed by atoms with E-state index in [2.05, 4.69) is 61.2 Å². The predicted octanol–water partition coefficient (Wildman–Crippen LogP) is 3.94. The summed E-state index contributed by atoms with van der Waals surface area (Å²) in [6.45, 7) is 5.94. The first kappa shape index (κ1) is 14.3. The summed E-state index contributed by atoms with van der Waals surface area (Å²) in [4.78, 5) is 2.25. The average Bonchev–Trinajstić information content (AvgIpc) is 2.40. The van der Waals surface area contributed by atoms with E-state index in [4.69, 9.17) is 5.26 Å². The molecule has 0 unspecified atom stereocenters. The van der Waals surface area contributed by atoms with Gasteiger partial charge in [-0.15, -0.1) is 0 Å². The van der Waals surface area contributed by atoms with Gasteiger partial charge in [0.1, 0.15) is 0 Å². The van der Waals surface area contributed by atoms with Crippen molar-refractivity contribution in [2.45, 2.75) is 33.1 Å². The van der Waals surface area contributed by atoms with Crippen LogP contribution in [-0.2, 0) is 6.42 Å². The van der Waals surface area contributed by atoms with Crippen LogP contribution in [0.25, 0.3) is 0 Å². The molecule has 0 saturated carbocycles. The highest BCUT2D eigenvalue weighted by molar-refractivity contribution is 5.48. The second-order valence-electron chi connectivity index (χ2n) is 4.27. The van der Waals surface area contributed by atoms with Crippen LogP contribution in [0.1, 0.15) is 32.3 Å². The molecule has 0 amide bonds. The van der Waals surface area contributed by atoms with Gasteiger partial charge in [-0.3, -0.25) is 0 Å². The van der Waals surface area contributed by atoms with Crippen molar-refractivity contribution in [1.29, 1.82) is 5.26 Å². The lowest BCUT2D eigenvalue weighted by atomic mass is 10.1. The van der Waals surface area contributed by atoms with Crippen LogP contribution in [0.3, 0.4) is 0 Å². The fraction of sp³-hybridized carbons (Fsp3) is 0.438. The van der Waals surface area contributed by atoms with Crippen molar-refractivity contribution in [3.63, 3.8) is 0 Å². The van der Waals surface area contributed by atoms with Crippen molar-refractivity contribution in [3.8, 4) is 6.07 Å². The van der Waals surface area contributed by atoms with Crippen molar-refractivity contribution < 1.29 is 0 Å². The maximum atomic E-state index is 8.67. The summed E-state index contributed by atoms with van der Waals surface area (Å²) < 4.78 is 0. The van der Waals surface area contributed by atoms with Crippen LogP contribution in [0.5, 0.6) is 0 Å².